The number of methoxy groups -OCH3 is 1. The monoisotopic (exact) mass is 348 g/mol. The van der Waals surface area contributed by atoms with E-state index < -0.39 is 17.4 Å². The molecule has 138 valence electrons. The number of amides is 1. The Balaban J connectivity index is 2.21. The molecule has 6 nitrogen and oxygen atoms in total. The molecule has 1 aromatic rings. The average molecular weight is 348 g/mol. The Hall–Kier alpha value is -1.92. The number of esters is 1. The lowest BCUT2D eigenvalue weighted by Gasteiger charge is -2.41. The van der Waals surface area contributed by atoms with Gasteiger partial charge in [-0.2, -0.15) is 0 Å². The molecule has 0 aliphatic carbocycles. The molecule has 0 spiro atoms. The number of benzene rings is 1. The van der Waals surface area contributed by atoms with E-state index in [2.05, 4.69) is 5.32 Å². The topological polar surface area (TPSA) is 67.9 Å². The molecule has 0 aromatic heterocycles. The van der Waals surface area contributed by atoms with Crippen LogP contribution in [0.3, 0.4) is 0 Å². The van der Waals surface area contributed by atoms with Gasteiger partial charge in [-0.3, -0.25) is 14.5 Å². The van der Waals surface area contributed by atoms with E-state index in [0.717, 1.165) is 5.56 Å². The van der Waals surface area contributed by atoms with Crippen molar-refractivity contribution in [1.82, 2.24) is 10.2 Å². The van der Waals surface area contributed by atoms with E-state index in [1.165, 1.54) is 7.11 Å². The minimum absolute atomic E-state index is 0.148. The summed E-state index contributed by atoms with van der Waals surface area (Å²) in [7, 11) is 1.35. The largest absolute Gasteiger partial charge is 0.469 e. The van der Waals surface area contributed by atoms with Crippen LogP contribution in [0.1, 0.15) is 32.4 Å². The molecule has 25 heavy (non-hydrogen) atoms. The molecule has 0 radical (unpaired) electrons. The maximum Gasteiger partial charge on any atom is 0.313 e. The number of hydrogen-bond donors (Lipinski definition) is 1. The first kappa shape index (κ1) is 19.4. The van der Waals surface area contributed by atoms with Gasteiger partial charge in [0, 0.05) is 13.1 Å². The molecule has 1 heterocycles. The minimum atomic E-state index is -0.966. The number of carbonyl (C=O) groups excluding carboxylic acids is 2. The van der Waals surface area contributed by atoms with Gasteiger partial charge in [-0.1, -0.05) is 30.3 Å². The summed E-state index contributed by atoms with van der Waals surface area (Å²) in [6.45, 7) is 7.77. The van der Waals surface area contributed by atoms with Crippen LogP contribution < -0.4 is 5.32 Å². The Bertz CT molecular complexity index is 582. The van der Waals surface area contributed by atoms with E-state index in [9.17, 15) is 9.59 Å². The third kappa shape index (κ3) is 4.58. The van der Waals surface area contributed by atoms with Crippen molar-refractivity contribution < 1.29 is 19.1 Å². The Morgan fingerprint density at radius 2 is 1.80 bits per heavy atom. The molecule has 1 N–H and O–H groups in total. The van der Waals surface area contributed by atoms with Gasteiger partial charge in [-0.25, -0.2) is 0 Å². The molecule has 1 aliphatic heterocycles. The highest BCUT2D eigenvalue weighted by Gasteiger charge is 2.46. The van der Waals surface area contributed by atoms with Crippen molar-refractivity contribution in [2.75, 3.05) is 33.4 Å². The molecule has 1 aromatic carbocycles. The number of ether oxygens (including phenoxy) is 2. The van der Waals surface area contributed by atoms with Crippen molar-refractivity contribution in [1.29, 1.82) is 0 Å². The van der Waals surface area contributed by atoms with Gasteiger partial charge in [0.15, 0.2) is 0 Å². The van der Waals surface area contributed by atoms with Crippen LogP contribution >= 0.6 is 0 Å². The van der Waals surface area contributed by atoms with Gasteiger partial charge < -0.3 is 14.8 Å². The number of carbonyl (C=O) groups is 2. The number of rotatable bonds is 6. The van der Waals surface area contributed by atoms with Gasteiger partial charge in [0.25, 0.3) is 0 Å². The van der Waals surface area contributed by atoms with Crippen LogP contribution in [0.4, 0.5) is 0 Å². The van der Waals surface area contributed by atoms with Crippen LogP contribution in [0, 0.1) is 5.41 Å². The van der Waals surface area contributed by atoms with E-state index in [0.29, 0.717) is 26.3 Å². The molecule has 1 fully saturated rings. The van der Waals surface area contributed by atoms with E-state index in [1.807, 2.05) is 42.2 Å². The zero-order chi connectivity index (χ0) is 18.4. The van der Waals surface area contributed by atoms with Gasteiger partial charge in [0.05, 0.1) is 31.8 Å². The number of nitrogens with zero attached hydrogens (tertiary/aromatic N) is 1. The van der Waals surface area contributed by atoms with E-state index >= 15 is 0 Å². The molecule has 2 atom stereocenters. The summed E-state index contributed by atoms with van der Waals surface area (Å²) in [5.74, 6) is -0.569. The van der Waals surface area contributed by atoms with Gasteiger partial charge in [0.1, 0.15) is 6.04 Å². The maximum atomic E-state index is 13.1. The van der Waals surface area contributed by atoms with Crippen molar-refractivity contribution in [3.05, 3.63) is 35.9 Å². The lowest BCUT2D eigenvalue weighted by molar-refractivity contribution is -0.160. The van der Waals surface area contributed by atoms with Crippen molar-refractivity contribution in [2.45, 2.75) is 32.9 Å². The quantitative estimate of drug-likeness (QED) is 0.794. The molecule has 1 saturated heterocycles. The predicted octanol–water partition coefficient (Wildman–Crippen LogP) is 1.76. The lowest BCUT2D eigenvalue weighted by Crippen LogP contribution is -2.60. The minimum Gasteiger partial charge on any atom is -0.469 e. The molecule has 0 saturated carbocycles. The summed E-state index contributed by atoms with van der Waals surface area (Å²) < 4.78 is 10.3. The van der Waals surface area contributed by atoms with Crippen molar-refractivity contribution in [3.63, 3.8) is 0 Å². The van der Waals surface area contributed by atoms with Gasteiger partial charge in [-0.15, -0.1) is 0 Å². The molecule has 6 heteroatoms. The first-order valence-corrected chi connectivity index (χ1v) is 8.63. The summed E-state index contributed by atoms with van der Waals surface area (Å²) in [5.41, 5.74) is 0.0551. The fraction of sp³-hybridized carbons (Fsp3) is 0.579. The number of hydrogen-bond acceptors (Lipinski definition) is 5. The SMILES string of the molecule is COC(=O)C(C)(C)C(C(=O)NC(C)c1ccccc1)N1CCOCC1. The second-order valence-electron chi connectivity index (χ2n) is 6.91. The van der Waals surface area contributed by atoms with Crippen LogP contribution in [0.5, 0.6) is 0 Å². The summed E-state index contributed by atoms with van der Waals surface area (Å²) in [6, 6.07) is 9.00. The lowest BCUT2D eigenvalue weighted by atomic mass is 9.82. The predicted molar refractivity (Wildman–Crippen MR) is 95.0 cm³/mol. The molecule has 1 aliphatic rings. The fourth-order valence-corrected chi connectivity index (χ4v) is 3.28. The molecule has 1 amide bonds. The highest BCUT2D eigenvalue weighted by atomic mass is 16.5. The summed E-state index contributed by atoms with van der Waals surface area (Å²) in [6.07, 6.45) is 0. The first-order valence-electron chi connectivity index (χ1n) is 8.63. The van der Waals surface area contributed by atoms with Crippen LogP contribution in [0.2, 0.25) is 0 Å². The second-order valence-corrected chi connectivity index (χ2v) is 6.91. The molecular formula is C19H28N2O4. The first-order chi connectivity index (χ1) is 11.9. The third-order valence-corrected chi connectivity index (χ3v) is 4.71. The zero-order valence-electron chi connectivity index (χ0n) is 15.5. The normalized spacial score (nSPS) is 18.2. The van der Waals surface area contributed by atoms with Crippen LogP contribution in [-0.2, 0) is 19.1 Å². The average Bonchev–Trinajstić information content (AvgIpc) is 2.62. The van der Waals surface area contributed by atoms with Gasteiger partial charge >= 0.3 is 5.97 Å². The number of morpholine rings is 1. The number of nitrogens with one attached hydrogen (secondary N) is 1. The van der Waals surface area contributed by atoms with Crippen molar-refractivity contribution >= 4 is 11.9 Å². The van der Waals surface area contributed by atoms with Crippen molar-refractivity contribution in [3.8, 4) is 0 Å². The Labute approximate surface area is 149 Å². The summed E-state index contributed by atoms with van der Waals surface area (Å²) in [5, 5.41) is 3.05. The maximum absolute atomic E-state index is 13.1. The van der Waals surface area contributed by atoms with E-state index in [-0.39, 0.29) is 11.9 Å². The van der Waals surface area contributed by atoms with Crippen LogP contribution in [-0.4, -0.2) is 56.2 Å². The van der Waals surface area contributed by atoms with E-state index in [4.69, 9.17) is 9.47 Å². The van der Waals surface area contributed by atoms with E-state index in [1.54, 1.807) is 13.8 Å². The molecule has 0 bridgehead atoms. The Kier molecular flexibility index (Phi) is 6.56. The molecular weight excluding hydrogens is 320 g/mol. The highest BCUT2D eigenvalue weighted by Crippen LogP contribution is 2.28. The Morgan fingerprint density at radius 3 is 2.36 bits per heavy atom. The highest BCUT2D eigenvalue weighted by molar-refractivity contribution is 5.90. The standard InChI is InChI=1S/C19H28N2O4/c1-14(15-8-6-5-7-9-15)20-17(22)16(19(2,3)18(23)24-4)21-10-12-25-13-11-21/h5-9,14,16H,10-13H2,1-4H3,(H,20,22). The van der Waals surface area contributed by atoms with Crippen molar-refractivity contribution in [2.24, 2.45) is 5.41 Å². The van der Waals surface area contributed by atoms with Crippen LogP contribution in [0.25, 0.3) is 0 Å². The Morgan fingerprint density at radius 1 is 1.20 bits per heavy atom. The smallest absolute Gasteiger partial charge is 0.313 e. The summed E-state index contributed by atoms with van der Waals surface area (Å²) in [4.78, 5) is 27.4. The van der Waals surface area contributed by atoms with Gasteiger partial charge in [-0.05, 0) is 26.3 Å². The fourth-order valence-electron chi connectivity index (χ4n) is 3.28. The zero-order valence-corrected chi connectivity index (χ0v) is 15.5. The summed E-state index contributed by atoms with van der Waals surface area (Å²) >= 11 is 0. The molecule has 2 rings (SSSR count). The second kappa shape index (κ2) is 8.45. The van der Waals surface area contributed by atoms with Crippen LogP contribution in [0.15, 0.2) is 30.3 Å². The molecule has 2 unspecified atom stereocenters. The third-order valence-electron chi connectivity index (χ3n) is 4.71. The van der Waals surface area contributed by atoms with Gasteiger partial charge in [0.2, 0.25) is 5.91 Å².